The van der Waals surface area contributed by atoms with Crippen molar-refractivity contribution in [1.29, 1.82) is 0 Å². The summed E-state index contributed by atoms with van der Waals surface area (Å²) in [4.78, 5) is 10.8. The highest BCUT2D eigenvalue weighted by Crippen LogP contribution is 2.27. The van der Waals surface area contributed by atoms with E-state index in [4.69, 9.17) is 5.11 Å². The number of aliphatic carboxylic acids is 1. The number of aromatic amines is 1. The van der Waals surface area contributed by atoms with Crippen LogP contribution in [0.4, 0.5) is 0 Å². The number of aromatic nitrogens is 2. The predicted molar refractivity (Wildman–Crippen MR) is 67.8 cm³/mol. The first-order chi connectivity index (χ1) is 8.08. The van der Waals surface area contributed by atoms with Gasteiger partial charge in [0.15, 0.2) is 0 Å². The highest BCUT2D eigenvalue weighted by Gasteiger charge is 2.14. The summed E-state index contributed by atoms with van der Waals surface area (Å²) < 4.78 is 0.988. The summed E-state index contributed by atoms with van der Waals surface area (Å²) in [6, 6.07) is 7.72. The van der Waals surface area contributed by atoms with Gasteiger partial charge in [0, 0.05) is 15.7 Å². The smallest absolute Gasteiger partial charge is 0.309 e. The van der Waals surface area contributed by atoms with Crippen molar-refractivity contribution in [2.24, 2.45) is 0 Å². The lowest BCUT2D eigenvalue weighted by Gasteiger charge is -2.03. The Morgan fingerprint density at radius 1 is 1.41 bits per heavy atom. The number of hydrogen-bond donors (Lipinski definition) is 2. The SMILES string of the molecule is Cc1[nH]nc(CC(=O)O)c1-c1ccc(Br)cc1. The van der Waals surface area contributed by atoms with Gasteiger partial charge >= 0.3 is 5.97 Å². The van der Waals surface area contributed by atoms with Crippen molar-refractivity contribution >= 4 is 21.9 Å². The van der Waals surface area contributed by atoms with E-state index in [1.54, 1.807) is 0 Å². The predicted octanol–water partition coefficient (Wildman–Crippen LogP) is 2.77. The summed E-state index contributed by atoms with van der Waals surface area (Å²) in [6.07, 6.45) is -0.0737. The number of carboxylic acids is 1. The normalized spacial score (nSPS) is 10.5. The molecule has 0 fully saturated rings. The monoisotopic (exact) mass is 294 g/mol. The number of carboxylic acid groups (broad SMARTS) is 1. The molecule has 17 heavy (non-hydrogen) atoms. The zero-order valence-corrected chi connectivity index (χ0v) is 10.8. The van der Waals surface area contributed by atoms with Gasteiger partial charge in [-0.2, -0.15) is 5.10 Å². The quantitative estimate of drug-likeness (QED) is 0.915. The average Bonchev–Trinajstić information content (AvgIpc) is 2.61. The fraction of sp³-hybridized carbons (Fsp3) is 0.167. The van der Waals surface area contributed by atoms with Crippen molar-refractivity contribution < 1.29 is 9.90 Å². The summed E-state index contributed by atoms with van der Waals surface area (Å²) in [6.45, 7) is 1.88. The van der Waals surface area contributed by atoms with Gasteiger partial charge < -0.3 is 5.11 Å². The molecule has 0 aliphatic carbocycles. The Kier molecular flexibility index (Phi) is 3.28. The van der Waals surface area contributed by atoms with Crippen LogP contribution in [-0.4, -0.2) is 21.3 Å². The molecule has 0 aliphatic heterocycles. The van der Waals surface area contributed by atoms with Gasteiger partial charge in [0.2, 0.25) is 0 Å². The van der Waals surface area contributed by atoms with E-state index in [0.29, 0.717) is 5.69 Å². The molecule has 0 amide bonds. The zero-order chi connectivity index (χ0) is 12.4. The minimum absolute atomic E-state index is 0.0737. The van der Waals surface area contributed by atoms with E-state index in [1.165, 1.54) is 0 Å². The van der Waals surface area contributed by atoms with Gasteiger partial charge in [-0.05, 0) is 24.6 Å². The van der Waals surface area contributed by atoms with Gasteiger partial charge in [0.05, 0.1) is 12.1 Å². The van der Waals surface area contributed by atoms with Crippen LogP contribution in [0, 0.1) is 6.92 Å². The molecule has 2 N–H and O–H groups in total. The Morgan fingerprint density at radius 2 is 2.06 bits per heavy atom. The summed E-state index contributed by atoms with van der Waals surface area (Å²) >= 11 is 3.37. The number of rotatable bonds is 3. The van der Waals surface area contributed by atoms with Crippen molar-refractivity contribution in [2.75, 3.05) is 0 Å². The van der Waals surface area contributed by atoms with E-state index >= 15 is 0 Å². The largest absolute Gasteiger partial charge is 0.481 e. The third kappa shape index (κ3) is 2.55. The highest BCUT2D eigenvalue weighted by atomic mass is 79.9. The van der Waals surface area contributed by atoms with Crippen LogP contribution in [-0.2, 0) is 11.2 Å². The van der Waals surface area contributed by atoms with Crippen molar-refractivity contribution in [1.82, 2.24) is 10.2 Å². The zero-order valence-electron chi connectivity index (χ0n) is 9.20. The number of benzene rings is 1. The molecule has 0 saturated heterocycles. The molecule has 0 bridgehead atoms. The summed E-state index contributed by atoms with van der Waals surface area (Å²) in [5.74, 6) is -0.880. The number of nitrogens with zero attached hydrogens (tertiary/aromatic N) is 1. The van der Waals surface area contributed by atoms with E-state index in [9.17, 15) is 4.79 Å². The summed E-state index contributed by atoms with van der Waals surface area (Å²) in [5.41, 5.74) is 3.29. The Hall–Kier alpha value is -1.62. The molecule has 0 atom stereocenters. The van der Waals surface area contributed by atoms with E-state index in [2.05, 4.69) is 26.1 Å². The minimum atomic E-state index is -0.880. The molecule has 0 radical (unpaired) electrons. The average molecular weight is 295 g/mol. The molecule has 88 valence electrons. The number of halogens is 1. The van der Waals surface area contributed by atoms with E-state index in [-0.39, 0.29) is 6.42 Å². The number of carbonyl (C=O) groups is 1. The van der Waals surface area contributed by atoms with Gasteiger partial charge in [-0.25, -0.2) is 0 Å². The number of H-pyrrole nitrogens is 1. The van der Waals surface area contributed by atoms with Gasteiger partial charge in [-0.1, -0.05) is 28.1 Å². The molecule has 0 saturated carbocycles. The van der Waals surface area contributed by atoms with Crippen LogP contribution >= 0.6 is 15.9 Å². The summed E-state index contributed by atoms with van der Waals surface area (Å²) in [5, 5.41) is 15.7. The van der Waals surface area contributed by atoms with E-state index < -0.39 is 5.97 Å². The van der Waals surface area contributed by atoms with Crippen LogP contribution in [0.15, 0.2) is 28.7 Å². The number of hydrogen-bond acceptors (Lipinski definition) is 2. The standard InChI is InChI=1S/C12H11BrN2O2/c1-7-12(8-2-4-9(13)5-3-8)10(15-14-7)6-11(16)17/h2-5H,6H2,1H3,(H,14,15)(H,16,17). The minimum Gasteiger partial charge on any atom is -0.481 e. The Labute approximate surface area is 107 Å². The van der Waals surface area contributed by atoms with Crippen molar-refractivity contribution in [3.8, 4) is 11.1 Å². The first-order valence-electron chi connectivity index (χ1n) is 5.09. The van der Waals surface area contributed by atoms with Crippen molar-refractivity contribution in [3.63, 3.8) is 0 Å². The van der Waals surface area contributed by atoms with Gasteiger partial charge in [-0.3, -0.25) is 9.89 Å². The first-order valence-corrected chi connectivity index (χ1v) is 5.89. The number of nitrogens with one attached hydrogen (secondary N) is 1. The molecule has 2 rings (SSSR count). The molecular formula is C12H11BrN2O2. The Morgan fingerprint density at radius 3 is 2.65 bits per heavy atom. The van der Waals surface area contributed by atoms with E-state index in [1.807, 2.05) is 31.2 Å². The third-order valence-electron chi connectivity index (χ3n) is 2.47. The second-order valence-electron chi connectivity index (χ2n) is 3.75. The lowest BCUT2D eigenvalue weighted by atomic mass is 10.0. The maximum Gasteiger partial charge on any atom is 0.309 e. The van der Waals surface area contributed by atoms with Crippen LogP contribution in [0.1, 0.15) is 11.4 Å². The molecule has 1 aromatic carbocycles. The third-order valence-corrected chi connectivity index (χ3v) is 3.00. The molecule has 4 nitrogen and oxygen atoms in total. The highest BCUT2D eigenvalue weighted by molar-refractivity contribution is 9.10. The molecule has 0 spiro atoms. The maximum atomic E-state index is 10.8. The lowest BCUT2D eigenvalue weighted by molar-refractivity contribution is -0.136. The first kappa shape index (κ1) is 11.9. The summed E-state index contributed by atoms with van der Waals surface area (Å²) in [7, 11) is 0. The fourth-order valence-electron chi connectivity index (χ4n) is 1.75. The number of aryl methyl sites for hydroxylation is 1. The van der Waals surface area contributed by atoms with Gasteiger partial charge in [0.25, 0.3) is 0 Å². The molecule has 5 heteroatoms. The van der Waals surface area contributed by atoms with Crippen LogP contribution in [0.25, 0.3) is 11.1 Å². The molecule has 0 aliphatic rings. The molecule has 2 aromatic rings. The Balaban J connectivity index is 2.46. The second kappa shape index (κ2) is 4.71. The van der Waals surface area contributed by atoms with Crippen LogP contribution in [0.2, 0.25) is 0 Å². The van der Waals surface area contributed by atoms with Crippen molar-refractivity contribution in [3.05, 3.63) is 40.1 Å². The fourth-order valence-corrected chi connectivity index (χ4v) is 2.01. The molecule has 0 unspecified atom stereocenters. The maximum absolute atomic E-state index is 10.8. The topological polar surface area (TPSA) is 66.0 Å². The van der Waals surface area contributed by atoms with Gasteiger partial charge in [-0.15, -0.1) is 0 Å². The van der Waals surface area contributed by atoms with Crippen LogP contribution in [0.5, 0.6) is 0 Å². The molecule has 1 heterocycles. The lowest BCUT2D eigenvalue weighted by Crippen LogP contribution is -2.01. The second-order valence-corrected chi connectivity index (χ2v) is 4.66. The van der Waals surface area contributed by atoms with Gasteiger partial charge in [0.1, 0.15) is 0 Å². The van der Waals surface area contributed by atoms with Crippen molar-refractivity contribution in [2.45, 2.75) is 13.3 Å². The van der Waals surface area contributed by atoms with Crippen LogP contribution < -0.4 is 0 Å². The Bertz CT molecular complexity index is 546. The van der Waals surface area contributed by atoms with Crippen LogP contribution in [0.3, 0.4) is 0 Å². The molecule has 1 aromatic heterocycles. The van der Waals surface area contributed by atoms with E-state index in [0.717, 1.165) is 21.3 Å². The molecular weight excluding hydrogens is 284 g/mol.